The molecule has 0 heterocycles. The van der Waals surface area contributed by atoms with Crippen LogP contribution in [0.4, 0.5) is 13.2 Å². The Balaban J connectivity index is 2.28. The maximum absolute atomic E-state index is 11.9. The van der Waals surface area contributed by atoms with Gasteiger partial charge in [-0.3, -0.25) is 5.32 Å². The van der Waals surface area contributed by atoms with Crippen LogP contribution in [0.25, 0.3) is 0 Å². The van der Waals surface area contributed by atoms with Gasteiger partial charge in [-0.15, -0.1) is 0 Å². The highest BCUT2D eigenvalue weighted by molar-refractivity contribution is 5.15. The van der Waals surface area contributed by atoms with Crippen molar-refractivity contribution in [2.24, 2.45) is 5.92 Å². The van der Waals surface area contributed by atoms with E-state index < -0.39 is 18.1 Å². The molecule has 1 fully saturated rings. The van der Waals surface area contributed by atoms with Gasteiger partial charge in [0.15, 0.2) is 0 Å². The lowest BCUT2D eigenvalue weighted by molar-refractivity contribution is -0.138. The van der Waals surface area contributed by atoms with Crippen molar-refractivity contribution in [2.75, 3.05) is 19.8 Å². The van der Waals surface area contributed by atoms with E-state index in [-0.39, 0.29) is 25.6 Å². The third kappa shape index (κ3) is 4.83. The molecule has 1 atom stereocenters. The van der Waals surface area contributed by atoms with E-state index in [9.17, 15) is 18.4 Å². The van der Waals surface area contributed by atoms with E-state index in [1.165, 1.54) is 0 Å². The average molecular weight is 264 g/mol. The molecule has 0 radical (unpaired) electrons. The van der Waals surface area contributed by atoms with Gasteiger partial charge >= 0.3 is 6.18 Å². The monoisotopic (exact) mass is 264 g/mol. The molecule has 0 saturated heterocycles. The number of alkyl halides is 3. The van der Waals surface area contributed by atoms with Crippen LogP contribution in [0.2, 0.25) is 0 Å². The van der Waals surface area contributed by atoms with Gasteiger partial charge in [-0.25, -0.2) is 0 Å². The highest BCUT2D eigenvalue weighted by atomic mass is 19.4. The van der Waals surface area contributed by atoms with E-state index in [0.29, 0.717) is 6.54 Å². The van der Waals surface area contributed by atoms with Crippen LogP contribution in [0.3, 0.4) is 0 Å². The van der Waals surface area contributed by atoms with E-state index in [1.807, 2.05) is 6.92 Å². The number of likely N-dealkylation sites (N-methyl/N-ethyl adjacent to an activating group) is 1. The lowest BCUT2D eigenvalue weighted by Gasteiger charge is -2.27. The Hall–Kier alpha value is -0.800. The van der Waals surface area contributed by atoms with Gasteiger partial charge in [0.05, 0.1) is 12.7 Å². The molecule has 0 spiro atoms. The van der Waals surface area contributed by atoms with Crippen LogP contribution in [0, 0.1) is 17.2 Å². The molecule has 0 aromatic carbocycles. The molecule has 1 aliphatic rings. The van der Waals surface area contributed by atoms with Gasteiger partial charge in [0.25, 0.3) is 0 Å². The fourth-order valence-electron chi connectivity index (χ4n) is 1.98. The standard InChI is InChI=1S/C12H19F3N2O/c1-2-17-11(8-16,10-4-5-10)9-18-7-3-6-12(13,14)15/h10,17H,2-7,9H2,1H3. The summed E-state index contributed by atoms with van der Waals surface area (Å²) in [7, 11) is 0. The highest BCUT2D eigenvalue weighted by Crippen LogP contribution is 2.39. The number of nitriles is 1. The number of nitrogens with one attached hydrogen (secondary N) is 1. The van der Waals surface area contributed by atoms with Crippen molar-refractivity contribution in [3.63, 3.8) is 0 Å². The first-order valence-corrected chi connectivity index (χ1v) is 6.24. The van der Waals surface area contributed by atoms with E-state index >= 15 is 0 Å². The third-order valence-electron chi connectivity index (χ3n) is 3.04. The normalized spacial score (nSPS) is 19.3. The quantitative estimate of drug-likeness (QED) is 0.685. The van der Waals surface area contributed by atoms with Crippen LogP contribution in [0.5, 0.6) is 0 Å². The van der Waals surface area contributed by atoms with Gasteiger partial charge in [0.2, 0.25) is 0 Å². The smallest absolute Gasteiger partial charge is 0.378 e. The van der Waals surface area contributed by atoms with E-state index in [0.717, 1.165) is 12.8 Å². The van der Waals surface area contributed by atoms with Crippen LogP contribution in [0.15, 0.2) is 0 Å². The summed E-state index contributed by atoms with van der Waals surface area (Å²) in [5.74, 6) is 0.269. The molecule has 0 aromatic rings. The molecule has 1 rings (SSSR count). The molecule has 0 amide bonds. The van der Waals surface area contributed by atoms with Crippen LogP contribution >= 0.6 is 0 Å². The van der Waals surface area contributed by atoms with E-state index in [2.05, 4.69) is 11.4 Å². The van der Waals surface area contributed by atoms with E-state index in [1.54, 1.807) is 0 Å². The first kappa shape index (κ1) is 15.3. The van der Waals surface area contributed by atoms with Gasteiger partial charge in [0, 0.05) is 13.0 Å². The summed E-state index contributed by atoms with van der Waals surface area (Å²) in [4.78, 5) is 0. The number of nitrogens with zero attached hydrogens (tertiary/aromatic N) is 1. The maximum Gasteiger partial charge on any atom is 0.389 e. The molecule has 6 heteroatoms. The first-order valence-electron chi connectivity index (χ1n) is 6.24. The summed E-state index contributed by atoms with van der Waals surface area (Å²) in [5.41, 5.74) is -0.715. The second kappa shape index (κ2) is 6.39. The maximum atomic E-state index is 11.9. The van der Waals surface area contributed by atoms with Crippen molar-refractivity contribution >= 4 is 0 Å². The van der Waals surface area contributed by atoms with Crippen LogP contribution < -0.4 is 5.32 Å². The zero-order chi connectivity index (χ0) is 13.6. The summed E-state index contributed by atoms with van der Waals surface area (Å²) in [6.07, 6.45) is -3.06. The minimum Gasteiger partial charge on any atom is -0.378 e. The average Bonchev–Trinajstić information content (AvgIpc) is 3.09. The Morgan fingerprint density at radius 1 is 1.39 bits per heavy atom. The third-order valence-corrected chi connectivity index (χ3v) is 3.04. The molecular formula is C12H19F3N2O. The molecule has 18 heavy (non-hydrogen) atoms. The summed E-state index contributed by atoms with van der Waals surface area (Å²) < 4.78 is 41.0. The molecule has 1 saturated carbocycles. The fraction of sp³-hybridized carbons (Fsp3) is 0.917. The molecule has 0 aliphatic heterocycles. The van der Waals surface area contributed by atoms with Crippen molar-refractivity contribution in [1.82, 2.24) is 5.32 Å². The van der Waals surface area contributed by atoms with Gasteiger partial charge in [-0.05, 0) is 31.7 Å². The number of halogens is 3. The number of ether oxygens (including phenoxy) is 1. The van der Waals surface area contributed by atoms with Crippen LogP contribution in [-0.2, 0) is 4.74 Å². The van der Waals surface area contributed by atoms with Crippen molar-refractivity contribution < 1.29 is 17.9 Å². The summed E-state index contributed by atoms with van der Waals surface area (Å²) >= 11 is 0. The lowest BCUT2D eigenvalue weighted by Crippen LogP contribution is -2.50. The second-order valence-corrected chi connectivity index (χ2v) is 4.66. The molecule has 104 valence electrons. The summed E-state index contributed by atoms with van der Waals surface area (Å²) in [5, 5.41) is 12.3. The van der Waals surface area contributed by atoms with Crippen molar-refractivity contribution in [1.29, 1.82) is 5.26 Å². The number of hydrogen-bond acceptors (Lipinski definition) is 3. The van der Waals surface area contributed by atoms with E-state index in [4.69, 9.17) is 4.74 Å². The van der Waals surface area contributed by atoms with Gasteiger partial charge < -0.3 is 4.74 Å². The fourth-order valence-corrected chi connectivity index (χ4v) is 1.98. The second-order valence-electron chi connectivity index (χ2n) is 4.66. The largest absolute Gasteiger partial charge is 0.389 e. The molecular weight excluding hydrogens is 245 g/mol. The molecule has 1 aliphatic carbocycles. The molecule has 3 nitrogen and oxygen atoms in total. The predicted octanol–water partition coefficient (Wildman–Crippen LogP) is 2.63. The first-order chi connectivity index (χ1) is 8.43. The van der Waals surface area contributed by atoms with Gasteiger partial charge in [0.1, 0.15) is 5.54 Å². The molecule has 0 aromatic heterocycles. The Morgan fingerprint density at radius 3 is 2.50 bits per heavy atom. The molecule has 1 N–H and O–H groups in total. The summed E-state index contributed by atoms with van der Waals surface area (Å²) in [6.45, 7) is 2.76. The number of rotatable bonds is 8. The lowest BCUT2D eigenvalue weighted by atomic mass is 9.96. The SMILES string of the molecule is CCNC(C#N)(COCCCC(F)(F)F)C1CC1. The van der Waals surface area contributed by atoms with Crippen LogP contribution in [0.1, 0.15) is 32.6 Å². The van der Waals surface area contributed by atoms with Crippen molar-refractivity contribution in [3.05, 3.63) is 0 Å². The topological polar surface area (TPSA) is 45.0 Å². The summed E-state index contributed by atoms with van der Waals surface area (Å²) in [6, 6.07) is 2.23. The molecule has 0 bridgehead atoms. The minimum absolute atomic E-state index is 0.0427. The highest BCUT2D eigenvalue weighted by Gasteiger charge is 2.45. The zero-order valence-electron chi connectivity index (χ0n) is 10.5. The zero-order valence-corrected chi connectivity index (χ0v) is 10.5. The predicted molar refractivity (Wildman–Crippen MR) is 60.9 cm³/mol. The van der Waals surface area contributed by atoms with Crippen molar-refractivity contribution in [3.8, 4) is 6.07 Å². The van der Waals surface area contributed by atoms with Gasteiger partial charge in [-0.2, -0.15) is 18.4 Å². The Kier molecular flexibility index (Phi) is 5.42. The van der Waals surface area contributed by atoms with Crippen molar-refractivity contribution in [2.45, 2.75) is 44.3 Å². The Labute approximate surface area is 105 Å². The van der Waals surface area contributed by atoms with Gasteiger partial charge in [-0.1, -0.05) is 6.92 Å². The Bertz CT molecular complexity index is 297. The Morgan fingerprint density at radius 2 is 2.06 bits per heavy atom. The van der Waals surface area contributed by atoms with Crippen LogP contribution in [-0.4, -0.2) is 31.5 Å². The number of hydrogen-bond donors (Lipinski definition) is 1. The molecule has 1 unspecified atom stereocenters. The minimum atomic E-state index is -4.13.